The van der Waals surface area contributed by atoms with Crippen molar-refractivity contribution in [1.82, 2.24) is 9.80 Å². The maximum atomic E-state index is 12.2. The van der Waals surface area contributed by atoms with Crippen LogP contribution < -0.4 is 0 Å². The number of rotatable bonds is 1. The summed E-state index contributed by atoms with van der Waals surface area (Å²) in [5.41, 5.74) is 0. The topological polar surface area (TPSA) is 32.8 Å². The molecule has 4 nitrogen and oxygen atoms in total. The van der Waals surface area contributed by atoms with E-state index in [4.69, 9.17) is 4.74 Å². The number of fused-ring (bicyclic) bond motifs is 6. The number of piperidine rings is 4. The van der Waals surface area contributed by atoms with Crippen molar-refractivity contribution in [3.05, 3.63) is 0 Å². The van der Waals surface area contributed by atoms with E-state index < -0.39 is 0 Å². The smallest absolute Gasteiger partial charge is 0.222 e. The number of ether oxygens (including phenoxy) is 1. The summed E-state index contributed by atoms with van der Waals surface area (Å²) < 4.78 is 5.60. The van der Waals surface area contributed by atoms with Gasteiger partial charge in [0.05, 0.1) is 6.10 Å². The summed E-state index contributed by atoms with van der Waals surface area (Å²) in [6.07, 6.45) is 7.25. The van der Waals surface area contributed by atoms with E-state index in [1.807, 2.05) is 7.11 Å². The fourth-order valence-corrected chi connectivity index (χ4v) is 5.27. The van der Waals surface area contributed by atoms with Crippen molar-refractivity contribution in [2.45, 2.75) is 56.7 Å². The van der Waals surface area contributed by atoms with Gasteiger partial charge in [0.25, 0.3) is 0 Å². The fraction of sp³-hybridized carbons (Fsp3) is 0.938. The molecular formula is C16H26N2O2. The lowest BCUT2D eigenvalue weighted by molar-refractivity contribution is -0.150. The lowest BCUT2D eigenvalue weighted by atomic mass is 9.70. The van der Waals surface area contributed by atoms with Gasteiger partial charge in [0, 0.05) is 45.2 Å². The van der Waals surface area contributed by atoms with Gasteiger partial charge >= 0.3 is 0 Å². The van der Waals surface area contributed by atoms with Gasteiger partial charge in [-0.2, -0.15) is 0 Å². The van der Waals surface area contributed by atoms with E-state index in [0.29, 0.717) is 30.0 Å². The van der Waals surface area contributed by atoms with Crippen LogP contribution in [-0.4, -0.2) is 60.6 Å². The highest BCUT2D eigenvalue weighted by molar-refractivity contribution is 5.77. The molecular weight excluding hydrogens is 252 g/mol. The standard InChI is InChI=1S/C16H26N2O2/c1-20-13-5-6-17-9-11-7-12(15(17)8-13)10-18-14(11)3-2-4-16(18)19/h11-15H,2-10H2,1H3/t11-,12-,13-,14-,15+/m1/s1. The number of carbonyl (C=O) groups excluding carboxylic acids is 1. The molecule has 4 heteroatoms. The number of hydrogen-bond donors (Lipinski definition) is 0. The third kappa shape index (κ3) is 2.00. The van der Waals surface area contributed by atoms with Crippen molar-refractivity contribution in [1.29, 1.82) is 0 Å². The van der Waals surface area contributed by atoms with Crippen molar-refractivity contribution in [3.63, 3.8) is 0 Å². The fourth-order valence-electron chi connectivity index (χ4n) is 5.27. The molecule has 0 aliphatic carbocycles. The predicted molar refractivity (Wildman–Crippen MR) is 76.3 cm³/mol. The molecule has 0 aromatic rings. The molecule has 112 valence electrons. The van der Waals surface area contributed by atoms with Crippen LogP contribution in [0.15, 0.2) is 0 Å². The summed E-state index contributed by atoms with van der Waals surface area (Å²) in [5, 5.41) is 0. The van der Waals surface area contributed by atoms with Gasteiger partial charge in [0.15, 0.2) is 0 Å². The molecule has 4 aliphatic rings. The van der Waals surface area contributed by atoms with Gasteiger partial charge in [0.1, 0.15) is 0 Å². The molecule has 4 rings (SSSR count). The second-order valence-electron chi connectivity index (χ2n) is 7.21. The first-order chi connectivity index (χ1) is 9.76. The summed E-state index contributed by atoms with van der Waals surface area (Å²) in [7, 11) is 1.84. The minimum absolute atomic E-state index is 0.420. The first kappa shape index (κ1) is 13.1. The molecule has 0 radical (unpaired) electrons. The van der Waals surface area contributed by atoms with Gasteiger partial charge in [-0.3, -0.25) is 9.69 Å². The monoisotopic (exact) mass is 278 g/mol. The highest BCUT2D eigenvalue weighted by Crippen LogP contribution is 2.43. The van der Waals surface area contributed by atoms with Crippen LogP contribution in [0.3, 0.4) is 0 Å². The predicted octanol–water partition coefficient (Wildman–Crippen LogP) is 1.50. The van der Waals surface area contributed by atoms with E-state index in [9.17, 15) is 4.79 Å². The Hall–Kier alpha value is -0.610. The van der Waals surface area contributed by atoms with Crippen molar-refractivity contribution < 1.29 is 9.53 Å². The van der Waals surface area contributed by atoms with Crippen LogP contribution in [0.4, 0.5) is 0 Å². The Labute approximate surface area is 121 Å². The van der Waals surface area contributed by atoms with Gasteiger partial charge < -0.3 is 9.64 Å². The number of hydrogen-bond acceptors (Lipinski definition) is 3. The number of amides is 1. The van der Waals surface area contributed by atoms with Crippen LogP contribution in [0.2, 0.25) is 0 Å². The summed E-state index contributed by atoms with van der Waals surface area (Å²) in [5.74, 6) is 1.84. The quantitative estimate of drug-likeness (QED) is 0.728. The lowest BCUT2D eigenvalue weighted by Gasteiger charge is -2.57. The zero-order chi connectivity index (χ0) is 13.7. The second kappa shape index (κ2) is 4.99. The molecule has 2 bridgehead atoms. The van der Waals surface area contributed by atoms with Gasteiger partial charge in [-0.15, -0.1) is 0 Å². The van der Waals surface area contributed by atoms with E-state index in [1.54, 1.807) is 0 Å². The first-order valence-corrected chi connectivity index (χ1v) is 8.32. The van der Waals surface area contributed by atoms with Crippen molar-refractivity contribution in [2.75, 3.05) is 26.7 Å². The Morgan fingerprint density at radius 3 is 2.80 bits per heavy atom. The van der Waals surface area contributed by atoms with Crippen LogP contribution in [0.1, 0.15) is 38.5 Å². The Balaban J connectivity index is 1.55. The molecule has 0 saturated carbocycles. The summed E-state index contributed by atoms with van der Waals surface area (Å²) in [6, 6.07) is 1.20. The largest absolute Gasteiger partial charge is 0.381 e. The van der Waals surface area contributed by atoms with Crippen LogP contribution in [0.25, 0.3) is 0 Å². The average molecular weight is 278 g/mol. The van der Waals surface area contributed by atoms with E-state index >= 15 is 0 Å². The summed E-state index contributed by atoms with van der Waals surface area (Å²) in [4.78, 5) is 17.2. The van der Waals surface area contributed by atoms with E-state index in [0.717, 1.165) is 25.3 Å². The van der Waals surface area contributed by atoms with Crippen molar-refractivity contribution in [3.8, 4) is 0 Å². The van der Waals surface area contributed by atoms with E-state index in [2.05, 4.69) is 9.80 Å². The summed E-state index contributed by atoms with van der Waals surface area (Å²) >= 11 is 0. The normalized spacial score (nSPS) is 45.0. The molecule has 0 N–H and O–H groups in total. The highest BCUT2D eigenvalue weighted by atomic mass is 16.5. The van der Waals surface area contributed by atoms with E-state index in [-0.39, 0.29) is 0 Å². The SMILES string of the molecule is CO[C@@H]1CCN2C[C@H]3C[C@H](CN4C(=O)CCC[C@H]34)[C@@H]2C1. The van der Waals surface area contributed by atoms with Crippen molar-refractivity contribution >= 4 is 5.91 Å². The first-order valence-electron chi connectivity index (χ1n) is 8.32. The molecule has 0 aromatic carbocycles. The maximum Gasteiger partial charge on any atom is 0.222 e. The molecule has 20 heavy (non-hydrogen) atoms. The minimum atomic E-state index is 0.420. The maximum absolute atomic E-state index is 12.2. The third-order valence-electron chi connectivity index (χ3n) is 6.25. The zero-order valence-corrected chi connectivity index (χ0v) is 12.5. The van der Waals surface area contributed by atoms with Crippen molar-refractivity contribution in [2.24, 2.45) is 11.8 Å². The van der Waals surface area contributed by atoms with Gasteiger partial charge in [-0.05, 0) is 43.9 Å². The van der Waals surface area contributed by atoms with Crippen LogP contribution in [-0.2, 0) is 9.53 Å². The molecule has 0 spiro atoms. The van der Waals surface area contributed by atoms with Crippen LogP contribution >= 0.6 is 0 Å². The highest BCUT2D eigenvalue weighted by Gasteiger charge is 2.49. The Morgan fingerprint density at radius 2 is 1.95 bits per heavy atom. The molecule has 4 heterocycles. The minimum Gasteiger partial charge on any atom is -0.381 e. The molecule has 0 aromatic heterocycles. The van der Waals surface area contributed by atoms with Gasteiger partial charge in [0.2, 0.25) is 5.91 Å². The Bertz CT molecular complexity index is 400. The number of nitrogens with zero attached hydrogens (tertiary/aromatic N) is 2. The number of methoxy groups -OCH3 is 1. The summed E-state index contributed by atoms with van der Waals surface area (Å²) in [6.45, 7) is 3.42. The van der Waals surface area contributed by atoms with Gasteiger partial charge in [-0.1, -0.05) is 0 Å². The lowest BCUT2D eigenvalue weighted by Crippen LogP contribution is -2.65. The molecule has 1 amide bonds. The average Bonchev–Trinajstić information content (AvgIpc) is 2.48. The molecule has 5 atom stereocenters. The second-order valence-corrected chi connectivity index (χ2v) is 7.21. The van der Waals surface area contributed by atoms with Crippen LogP contribution in [0, 0.1) is 11.8 Å². The Morgan fingerprint density at radius 1 is 1.10 bits per heavy atom. The molecule has 4 saturated heterocycles. The Kier molecular flexibility index (Phi) is 3.26. The molecule has 4 fully saturated rings. The van der Waals surface area contributed by atoms with E-state index in [1.165, 1.54) is 38.8 Å². The molecule has 0 unspecified atom stereocenters. The number of carbonyl (C=O) groups is 1. The third-order valence-corrected chi connectivity index (χ3v) is 6.25. The van der Waals surface area contributed by atoms with Crippen LogP contribution in [0.5, 0.6) is 0 Å². The molecule has 4 aliphatic heterocycles. The zero-order valence-electron chi connectivity index (χ0n) is 12.5. The van der Waals surface area contributed by atoms with Gasteiger partial charge in [-0.25, -0.2) is 0 Å².